The number of benzene rings is 1. The summed E-state index contributed by atoms with van der Waals surface area (Å²) in [5.41, 5.74) is 7.19. The summed E-state index contributed by atoms with van der Waals surface area (Å²) in [6.45, 7) is 2.92. The van der Waals surface area contributed by atoms with Crippen molar-refractivity contribution >= 4 is 23.4 Å². The fourth-order valence-corrected chi connectivity index (χ4v) is 3.39. The molecule has 17 heavy (non-hydrogen) atoms. The zero-order valence-electron chi connectivity index (χ0n) is 9.94. The predicted octanol–water partition coefficient (Wildman–Crippen LogP) is 2.78. The topological polar surface area (TPSA) is 29.3 Å². The van der Waals surface area contributed by atoms with Crippen LogP contribution in [0.1, 0.15) is 18.0 Å². The Balaban J connectivity index is 2.14. The lowest BCUT2D eigenvalue weighted by Gasteiger charge is -2.29. The summed E-state index contributed by atoms with van der Waals surface area (Å²) in [4.78, 5) is 2.49. The summed E-state index contributed by atoms with van der Waals surface area (Å²) in [6.07, 6.45) is 1.25. The number of halogens is 1. The first-order valence-corrected chi connectivity index (χ1v) is 7.62. The molecule has 4 heteroatoms. The Hall–Kier alpha value is -0.220. The molecule has 0 aliphatic carbocycles. The highest BCUT2D eigenvalue weighted by molar-refractivity contribution is 7.99. The van der Waals surface area contributed by atoms with Gasteiger partial charge < -0.3 is 5.73 Å². The van der Waals surface area contributed by atoms with Crippen LogP contribution in [0.15, 0.2) is 24.3 Å². The van der Waals surface area contributed by atoms with Crippen LogP contribution in [0.4, 0.5) is 0 Å². The van der Waals surface area contributed by atoms with E-state index >= 15 is 0 Å². The highest BCUT2D eigenvalue weighted by atomic mass is 35.5. The summed E-state index contributed by atoms with van der Waals surface area (Å²) in [5.74, 6) is 2.47. The first kappa shape index (κ1) is 13.2. The summed E-state index contributed by atoms with van der Waals surface area (Å²) in [5, 5.41) is 0.796. The van der Waals surface area contributed by atoms with Gasteiger partial charge >= 0.3 is 0 Å². The molecular formula is C13H19ClN2S. The average molecular weight is 271 g/mol. The molecule has 0 saturated carbocycles. The molecule has 1 unspecified atom stereocenters. The molecule has 0 bridgehead atoms. The number of rotatable bonds is 3. The molecule has 1 atom stereocenters. The van der Waals surface area contributed by atoms with Gasteiger partial charge in [0.2, 0.25) is 0 Å². The van der Waals surface area contributed by atoms with Gasteiger partial charge in [-0.05, 0) is 36.4 Å². The third-order valence-corrected chi connectivity index (χ3v) is 4.44. The van der Waals surface area contributed by atoms with Gasteiger partial charge in [-0.25, -0.2) is 0 Å². The van der Waals surface area contributed by atoms with E-state index in [0.717, 1.165) is 18.1 Å². The molecular weight excluding hydrogens is 252 g/mol. The van der Waals surface area contributed by atoms with Crippen molar-refractivity contribution in [1.29, 1.82) is 0 Å². The minimum Gasteiger partial charge on any atom is -0.329 e. The van der Waals surface area contributed by atoms with Gasteiger partial charge in [0.25, 0.3) is 0 Å². The van der Waals surface area contributed by atoms with Crippen LogP contribution in [0.5, 0.6) is 0 Å². The molecule has 1 heterocycles. The first-order chi connectivity index (χ1) is 8.31. The van der Waals surface area contributed by atoms with Gasteiger partial charge in [0.05, 0.1) is 0 Å². The van der Waals surface area contributed by atoms with Crippen molar-refractivity contribution in [3.63, 3.8) is 0 Å². The Labute approximate surface area is 113 Å². The van der Waals surface area contributed by atoms with Crippen LogP contribution < -0.4 is 5.73 Å². The molecule has 0 amide bonds. The maximum absolute atomic E-state index is 6.05. The van der Waals surface area contributed by atoms with Crippen LogP contribution in [0.3, 0.4) is 0 Å². The van der Waals surface area contributed by atoms with E-state index in [2.05, 4.69) is 11.0 Å². The van der Waals surface area contributed by atoms with E-state index in [-0.39, 0.29) is 0 Å². The van der Waals surface area contributed by atoms with Crippen molar-refractivity contribution in [3.8, 4) is 0 Å². The first-order valence-electron chi connectivity index (χ1n) is 6.08. The quantitative estimate of drug-likeness (QED) is 0.916. The molecule has 0 aromatic heterocycles. The lowest BCUT2D eigenvalue weighted by atomic mass is 10.1. The Morgan fingerprint density at radius 3 is 3.00 bits per heavy atom. The van der Waals surface area contributed by atoms with Crippen LogP contribution in [0.25, 0.3) is 0 Å². The Kier molecular flexibility index (Phi) is 5.16. The second-order valence-electron chi connectivity index (χ2n) is 4.31. The van der Waals surface area contributed by atoms with Gasteiger partial charge in [0, 0.05) is 29.9 Å². The van der Waals surface area contributed by atoms with Crippen LogP contribution >= 0.6 is 23.4 Å². The fraction of sp³-hybridized carbons (Fsp3) is 0.538. The SMILES string of the molecule is NCC(c1cccc(Cl)c1)N1CCCSCC1. The number of hydrogen-bond acceptors (Lipinski definition) is 3. The molecule has 1 fully saturated rings. The van der Waals surface area contributed by atoms with Crippen molar-refractivity contribution in [1.82, 2.24) is 4.90 Å². The summed E-state index contributed by atoms with van der Waals surface area (Å²) < 4.78 is 0. The number of nitrogens with two attached hydrogens (primary N) is 1. The molecule has 1 saturated heterocycles. The number of nitrogens with zero attached hydrogens (tertiary/aromatic N) is 1. The highest BCUT2D eigenvalue weighted by Gasteiger charge is 2.20. The van der Waals surface area contributed by atoms with Crippen LogP contribution in [-0.4, -0.2) is 36.0 Å². The number of hydrogen-bond donors (Lipinski definition) is 1. The van der Waals surface area contributed by atoms with E-state index < -0.39 is 0 Å². The smallest absolute Gasteiger partial charge is 0.0471 e. The van der Waals surface area contributed by atoms with E-state index in [1.54, 1.807) is 0 Å². The molecule has 94 valence electrons. The molecule has 1 aliphatic rings. The minimum atomic E-state index is 0.312. The summed E-state index contributed by atoms with van der Waals surface area (Å²) >= 11 is 8.09. The maximum Gasteiger partial charge on any atom is 0.0471 e. The third kappa shape index (κ3) is 3.62. The lowest BCUT2D eigenvalue weighted by molar-refractivity contribution is 0.218. The van der Waals surface area contributed by atoms with Crippen molar-refractivity contribution < 1.29 is 0 Å². The average Bonchev–Trinajstić information content (AvgIpc) is 2.59. The molecule has 2 nitrogen and oxygen atoms in total. The highest BCUT2D eigenvalue weighted by Crippen LogP contribution is 2.24. The van der Waals surface area contributed by atoms with Gasteiger partial charge in [0.15, 0.2) is 0 Å². The van der Waals surface area contributed by atoms with Crippen molar-refractivity contribution in [3.05, 3.63) is 34.9 Å². The van der Waals surface area contributed by atoms with Crippen LogP contribution in [-0.2, 0) is 0 Å². The van der Waals surface area contributed by atoms with E-state index in [1.807, 2.05) is 30.0 Å². The monoisotopic (exact) mass is 270 g/mol. The van der Waals surface area contributed by atoms with E-state index in [9.17, 15) is 0 Å². The van der Waals surface area contributed by atoms with Crippen LogP contribution in [0.2, 0.25) is 5.02 Å². The van der Waals surface area contributed by atoms with Crippen molar-refractivity contribution in [2.45, 2.75) is 12.5 Å². The number of thioether (sulfide) groups is 1. The second kappa shape index (κ2) is 6.64. The molecule has 2 N–H and O–H groups in total. The Bertz CT molecular complexity index is 351. The van der Waals surface area contributed by atoms with Crippen molar-refractivity contribution in [2.75, 3.05) is 31.1 Å². The third-order valence-electron chi connectivity index (χ3n) is 3.15. The van der Waals surface area contributed by atoms with Gasteiger partial charge in [-0.2, -0.15) is 11.8 Å². The van der Waals surface area contributed by atoms with E-state index in [0.29, 0.717) is 12.6 Å². The zero-order chi connectivity index (χ0) is 12.1. The zero-order valence-corrected chi connectivity index (χ0v) is 11.5. The second-order valence-corrected chi connectivity index (χ2v) is 5.97. The van der Waals surface area contributed by atoms with Gasteiger partial charge in [-0.15, -0.1) is 0 Å². The predicted molar refractivity (Wildman–Crippen MR) is 76.8 cm³/mol. The lowest BCUT2D eigenvalue weighted by Crippen LogP contribution is -2.35. The Morgan fingerprint density at radius 1 is 1.35 bits per heavy atom. The van der Waals surface area contributed by atoms with E-state index in [4.69, 9.17) is 17.3 Å². The standard InChI is InChI=1S/C13H19ClN2S/c14-12-4-1-3-11(9-12)13(10-15)16-5-2-7-17-8-6-16/h1,3-4,9,13H,2,5-8,10,15H2. The molecule has 1 aliphatic heterocycles. The van der Waals surface area contributed by atoms with Crippen LogP contribution in [0, 0.1) is 0 Å². The molecule has 1 aromatic carbocycles. The normalized spacial score (nSPS) is 19.9. The van der Waals surface area contributed by atoms with Gasteiger partial charge in [0.1, 0.15) is 0 Å². The molecule has 1 aromatic rings. The minimum absolute atomic E-state index is 0.312. The molecule has 0 spiro atoms. The van der Waals surface area contributed by atoms with E-state index in [1.165, 1.54) is 23.5 Å². The molecule has 2 rings (SSSR count). The molecule has 0 radical (unpaired) electrons. The fourth-order valence-electron chi connectivity index (χ4n) is 2.29. The van der Waals surface area contributed by atoms with Gasteiger partial charge in [-0.3, -0.25) is 4.90 Å². The summed E-state index contributed by atoms with van der Waals surface area (Å²) in [7, 11) is 0. The summed E-state index contributed by atoms with van der Waals surface area (Å²) in [6, 6.07) is 8.40. The van der Waals surface area contributed by atoms with Crippen molar-refractivity contribution in [2.24, 2.45) is 5.73 Å². The Morgan fingerprint density at radius 2 is 2.24 bits per heavy atom. The largest absolute Gasteiger partial charge is 0.329 e. The van der Waals surface area contributed by atoms with Gasteiger partial charge in [-0.1, -0.05) is 23.7 Å². The maximum atomic E-state index is 6.05.